The molecule has 1 saturated heterocycles. The van der Waals surface area contributed by atoms with Crippen molar-refractivity contribution < 1.29 is 4.39 Å². The number of piperidine rings is 1. The SMILES string of the molecule is CC1(C)CCCNC1CNc1ncc(F)cn1. The maximum Gasteiger partial charge on any atom is 0.222 e. The van der Waals surface area contributed by atoms with E-state index in [1.807, 2.05) is 0 Å². The quantitative estimate of drug-likeness (QED) is 0.843. The van der Waals surface area contributed by atoms with Gasteiger partial charge in [0, 0.05) is 12.6 Å². The Hall–Kier alpha value is -1.23. The molecule has 1 aliphatic heterocycles. The summed E-state index contributed by atoms with van der Waals surface area (Å²) in [6.45, 7) is 6.34. The van der Waals surface area contributed by atoms with E-state index in [0.29, 0.717) is 12.0 Å². The number of anilines is 1. The van der Waals surface area contributed by atoms with E-state index in [9.17, 15) is 4.39 Å². The van der Waals surface area contributed by atoms with E-state index in [1.165, 1.54) is 25.2 Å². The van der Waals surface area contributed by atoms with Gasteiger partial charge in [-0.1, -0.05) is 13.8 Å². The second-order valence-electron chi connectivity index (χ2n) is 5.20. The Balaban J connectivity index is 1.91. The monoisotopic (exact) mass is 238 g/mol. The van der Waals surface area contributed by atoms with Crippen molar-refractivity contribution in [1.29, 1.82) is 0 Å². The van der Waals surface area contributed by atoms with Gasteiger partial charge < -0.3 is 10.6 Å². The van der Waals surface area contributed by atoms with Crippen molar-refractivity contribution in [1.82, 2.24) is 15.3 Å². The molecule has 1 atom stereocenters. The molecule has 2 N–H and O–H groups in total. The van der Waals surface area contributed by atoms with Crippen molar-refractivity contribution in [2.24, 2.45) is 5.41 Å². The van der Waals surface area contributed by atoms with Crippen molar-refractivity contribution in [3.05, 3.63) is 18.2 Å². The van der Waals surface area contributed by atoms with Crippen LogP contribution < -0.4 is 10.6 Å². The topological polar surface area (TPSA) is 49.8 Å². The molecule has 2 heterocycles. The fourth-order valence-electron chi connectivity index (χ4n) is 2.22. The fraction of sp³-hybridized carbons (Fsp3) is 0.667. The van der Waals surface area contributed by atoms with Crippen molar-refractivity contribution >= 4 is 5.95 Å². The summed E-state index contributed by atoms with van der Waals surface area (Å²) in [7, 11) is 0. The van der Waals surface area contributed by atoms with Crippen LogP contribution in [0.15, 0.2) is 12.4 Å². The van der Waals surface area contributed by atoms with E-state index in [4.69, 9.17) is 0 Å². The van der Waals surface area contributed by atoms with Crippen LogP contribution in [-0.2, 0) is 0 Å². The first-order chi connectivity index (χ1) is 8.08. The Morgan fingerprint density at radius 3 is 2.82 bits per heavy atom. The van der Waals surface area contributed by atoms with Crippen molar-refractivity contribution in [2.75, 3.05) is 18.4 Å². The van der Waals surface area contributed by atoms with Crippen LogP contribution in [0.2, 0.25) is 0 Å². The minimum Gasteiger partial charge on any atom is -0.353 e. The summed E-state index contributed by atoms with van der Waals surface area (Å²) in [5, 5.41) is 6.64. The van der Waals surface area contributed by atoms with E-state index in [0.717, 1.165) is 13.1 Å². The zero-order chi connectivity index (χ0) is 12.3. The van der Waals surface area contributed by atoms with Crippen LogP contribution in [-0.4, -0.2) is 29.1 Å². The molecule has 0 saturated carbocycles. The minimum atomic E-state index is -0.410. The van der Waals surface area contributed by atoms with Crippen molar-refractivity contribution in [3.8, 4) is 0 Å². The highest BCUT2D eigenvalue weighted by Gasteiger charge is 2.31. The third-order valence-electron chi connectivity index (χ3n) is 3.42. The summed E-state index contributed by atoms with van der Waals surface area (Å²) in [5.74, 6) is 0.0706. The highest BCUT2D eigenvalue weighted by atomic mass is 19.1. The lowest BCUT2D eigenvalue weighted by molar-refractivity contribution is 0.188. The summed E-state index contributed by atoms with van der Waals surface area (Å²) in [4.78, 5) is 7.77. The molecule has 1 fully saturated rings. The molecule has 5 heteroatoms. The number of hydrogen-bond acceptors (Lipinski definition) is 4. The van der Waals surface area contributed by atoms with Gasteiger partial charge in [0.1, 0.15) is 0 Å². The molecule has 1 aromatic rings. The van der Waals surface area contributed by atoms with Gasteiger partial charge in [-0.15, -0.1) is 0 Å². The smallest absolute Gasteiger partial charge is 0.222 e. The molecular formula is C12H19FN4. The molecule has 0 aliphatic carbocycles. The van der Waals surface area contributed by atoms with Crippen LogP contribution in [0.5, 0.6) is 0 Å². The number of aromatic nitrogens is 2. The maximum absolute atomic E-state index is 12.6. The lowest BCUT2D eigenvalue weighted by atomic mass is 9.77. The second-order valence-corrected chi connectivity index (χ2v) is 5.20. The van der Waals surface area contributed by atoms with Gasteiger partial charge in [0.2, 0.25) is 5.95 Å². The molecule has 0 radical (unpaired) electrons. The predicted octanol–water partition coefficient (Wildman–Crippen LogP) is 1.81. The van der Waals surface area contributed by atoms with Gasteiger partial charge in [-0.3, -0.25) is 0 Å². The Kier molecular flexibility index (Phi) is 3.57. The normalized spacial score (nSPS) is 23.4. The zero-order valence-corrected chi connectivity index (χ0v) is 10.3. The van der Waals surface area contributed by atoms with E-state index >= 15 is 0 Å². The van der Waals surface area contributed by atoms with Crippen LogP contribution in [0.4, 0.5) is 10.3 Å². The van der Waals surface area contributed by atoms with Crippen LogP contribution in [0, 0.1) is 11.2 Å². The van der Waals surface area contributed by atoms with Crippen LogP contribution in [0.3, 0.4) is 0 Å². The molecule has 17 heavy (non-hydrogen) atoms. The van der Waals surface area contributed by atoms with Crippen molar-refractivity contribution in [3.63, 3.8) is 0 Å². The van der Waals surface area contributed by atoms with E-state index < -0.39 is 5.82 Å². The summed E-state index contributed by atoms with van der Waals surface area (Å²) in [6, 6.07) is 0.393. The van der Waals surface area contributed by atoms with Crippen LogP contribution in [0.1, 0.15) is 26.7 Å². The summed E-state index contributed by atoms with van der Waals surface area (Å²) in [5.41, 5.74) is 0.269. The van der Waals surface area contributed by atoms with Gasteiger partial charge in [-0.2, -0.15) is 0 Å². The van der Waals surface area contributed by atoms with E-state index in [1.54, 1.807) is 0 Å². The molecule has 0 aromatic carbocycles. The van der Waals surface area contributed by atoms with Crippen molar-refractivity contribution in [2.45, 2.75) is 32.7 Å². The summed E-state index contributed by atoms with van der Waals surface area (Å²) < 4.78 is 12.6. The first-order valence-electron chi connectivity index (χ1n) is 6.03. The molecule has 1 aliphatic rings. The minimum absolute atomic E-state index is 0.269. The third kappa shape index (κ3) is 3.12. The highest BCUT2D eigenvalue weighted by Crippen LogP contribution is 2.29. The number of nitrogens with zero attached hydrogens (tertiary/aromatic N) is 2. The average molecular weight is 238 g/mol. The molecular weight excluding hydrogens is 219 g/mol. The first-order valence-corrected chi connectivity index (χ1v) is 6.03. The van der Waals surface area contributed by atoms with Crippen LogP contribution in [0.25, 0.3) is 0 Å². The maximum atomic E-state index is 12.6. The fourth-order valence-corrected chi connectivity index (χ4v) is 2.22. The van der Waals surface area contributed by atoms with Gasteiger partial charge in [-0.05, 0) is 24.8 Å². The number of rotatable bonds is 3. The molecule has 0 spiro atoms. The number of hydrogen-bond donors (Lipinski definition) is 2. The zero-order valence-electron chi connectivity index (χ0n) is 10.3. The van der Waals surface area contributed by atoms with Gasteiger partial charge >= 0.3 is 0 Å². The standard InChI is InChI=1S/C12H19FN4/c1-12(2)4-3-5-14-10(12)8-17-11-15-6-9(13)7-16-11/h6-7,10,14H,3-5,8H2,1-2H3,(H,15,16,17). The molecule has 4 nitrogen and oxygen atoms in total. The molecule has 2 rings (SSSR count). The Morgan fingerprint density at radius 2 is 2.18 bits per heavy atom. The lowest BCUT2D eigenvalue weighted by Crippen LogP contribution is -2.50. The summed E-state index contributed by atoms with van der Waals surface area (Å²) >= 11 is 0. The van der Waals surface area contributed by atoms with Gasteiger partial charge in [-0.25, -0.2) is 14.4 Å². The van der Waals surface area contributed by atoms with E-state index in [-0.39, 0.29) is 5.41 Å². The van der Waals surface area contributed by atoms with Gasteiger partial charge in [0.25, 0.3) is 0 Å². The average Bonchev–Trinajstić information content (AvgIpc) is 2.29. The molecule has 0 bridgehead atoms. The summed E-state index contributed by atoms with van der Waals surface area (Å²) in [6.07, 6.45) is 4.79. The predicted molar refractivity (Wildman–Crippen MR) is 65.3 cm³/mol. The Labute approximate surface area is 101 Å². The molecule has 1 unspecified atom stereocenters. The molecule has 0 amide bonds. The number of halogens is 1. The number of nitrogens with one attached hydrogen (secondary N) is 2. The Morgan fingerprint density at radius 1 is 1.47 bits per heavy atom. The Bertz CT molecular complexity index is 363. The highest BCUT2D eigenvalue weighted by molar-refractivity contribution is 5.23. The van der Waals surface area contributed by atoms with E-state index in [2.05, 4.69) is 34.4 Å². The first kappa shape index (κ1) is 12.2. The molecule has 1 aromatic heterocycles. The lowest BCUT2D eigenvalue weighted by Gasteiger charge is -2.39. The van der Waals surface area contributed by atoms with Gasteiger partial charge in [0.05, 0.1) is 12.4 Å². The second kappa shape index (κ2) is 4.96. The van der Waals surface area contributed by atoms with Crippen LogP contribution >= 0.6 is 0 Å². The largest absolute Gasteiger partial charge is 0.353 e. The molecule has 94 valence electrons. The van der Waals surface area contributed by atoms with Gasteiger partial charge in [0.15, 0.2) is 5.82 Å². The third-order valence-corrected chi connectivity index (χ3v) is 3.42.